The maximum Gasteiger partial charge on any atom is 0.0726 e. The van der Waals surface area contributed by atoms with Crippen molar-refractivity contribution in [1.29, 1.82) is 0 Å². The Hall–Kier alpha value is -0.810. The lowest BCUT2D eigenvalue weighted by Gasteiger charge is -2.38. The fourth-order valence-electron chi connectivity index (χ4n) is 2.75. The first-order valence-electron chi connectivity index (χ1n) is 7.48. The molecular weight excluding hydrogens is 288 g/mol. The predicted octanol–water partition coefficient (Wildman–Crippen LogP) is 2.69. The Morgan fingerprint density at radius 3 is 2.71 bits per heavy atom. The molecule has 1 fully saturated rings. The first-order valence-corrected chi connectivity index (χ1v) is 7.86. The van der Waals surface area contributed by atoms with Gasteiger partial charge in [-0.1, -0.05) is 17.7 Å². The molecule has 0 radical (unpaired) electrons. The van der Waals surface area contributed by atoms with E-state index in [1.807, 2.05) is 6.07 Å². The molecule has 4 nitrogen and oxygen atoms in total. The summed E-state index contributed by atoms with van der Waals surface area (Å²) in [4.78, 5) is 2.37. The van der Waals surface area contributed by atoms with E-state index >= 15 is 0 Å². The lowest BCUT2D eigenvalue weighted by Crippen LogP contribution is -2.46. The van der Waals surface area contributed by atoms with Crippen LogP contribution in [-0.2, 0) is 16.0 Å². The molecule has 1 aliphatic rings. The zero-order chi connectivity index (χ0) is 15.2. The average molecular weight is 313 g/mol. The number of morpholine rings is 1. The van der Waals surface area contributed by atoms with Gasteiger partial charge in [0.05, 0.1) is 18.8 Å². The monoisotopic (exact) mass is 312 g/mol. The van der Waals surface area contributed by atoms with E-state index in [1.54, 1.807) is 7.11 Å². The summed E-state index contributed by atoms with van der Waals surface area (Å²) in [5.41, 5.74) is 2.46. The second-order valence-corrected chi connectivity index (χ2v) is 6.04. The van der Waals surface area contributed by atoms with Crippen molar-refractivity contribution in [2.45, 2.75) is 32.6 Å². The van der Waals surface area contributed by atoms with Crippen molar-refractivity contribution in [1.82, 2.24) is 5.32 Å². The molecule has 0 bridgehead atoms. The number of anilines is 1. The van der Waals surface area contributed by atoms with Crippen molar-refractivity contribution < 1.29 is 9.47 Å². The van der Waals surface area contributed by atoms with Crippen LogP contribution in [0.4, 0.5) is 5.69 Å². The van der Waals surface area contributed by atoms with Gasteiger partial charge in [-0.15, -0.1) is 0 Å². The third kappa shape index (κ3) is 4.85. The summed E-state index contributed by atoms with van der Waals surface area (Å²) in [5, 5.41) is 4.17. The molecule has 5 heteroatoms. The minimum absolute atomic E-state index is 0.238. The first-order chi connectivity index (χ1) is 10.1. The van der Waals surface area contributed by atoms with Crippen LogP contribution >= 0.6 is 11.6 Å². The molecule has 2 unspecified atom stereocenters. The zero-order valence-corrected chi connectivity index (χ0v) is 13.8. The largest absolute Gasteiger partial charge is 0.383 e. The van der Waals surface area contributed by atoms with Crippen LogP contribution in [0.25, 0.3) is 0 Å². The summed E-state index contributed by atoms with van der Waals surface area (Å²) in [5.74, 6) is 0. The number of hydrogen-bond donors (Lipinski definition) is 1. The third-order valence-corrected chi connectivity index (χ3v) is 3.84. The second-order valence-electron chi connectivity index (χ2n) is 5.60. The van der Waals surface area contributed by atoms with Gasteiger partial charge in [-0.05, 0) is 31.5 Å². The van der Waals surface area contributed by atoms with Gasteiger partial charge in [-0.2, -0.15) is 0 Å². The van der Waals surface area contributed by atoms with Crippen LogP contribution in [0.5, 0.6) is 0 Å². The maximum absolute atomic E-state index is 6.19. The van der Waals surface area contributed by atoms with Crippen LogP contribution in [0.15, 0.2) is 18.2 Å². The fourth-order valence-corrected chi connectivity index (χ4v) is 2.92. The highest BCUT2D eigenvalue weighted by atomic mass is 35.5. The lowest BCUT2D eigenvalue weighted by molar-refractivity contribution is -0.00526. The predicted molar refractivity (Wildman–Crippen MR) is 87.3 cm³/mol. The van der Waals surface area contributed by atoms with Gasteiger partial charge in [0, 0.05) is 44.0 Å². The molecule has 1 aromatic carbocycles. The van der Waals surface area contributed by atoms with Gasteiger partial charge in [-0.25, -0.2) is 0 Å². The molecule has 2 atom stereocenters. The van der Waals surface area contributed by atoms with E-state index in [4.69, 9.17) is 21.1 Å². The Labute approximate surface area is 132 Å². The molecule has 1 N–H and O–H groups in total. The van der Waals surface area contributed by atoms with Crippen molar-refractivity contribution in [3.8, 4) is 0 Å². The SMILES string of the molecule is COCCNCc1ccc(Cl)cc1N1CC(C)OC(C)C1. The Morgan fingerprint density at radius 2 is 2.05 bits per heavy atom. The van der Waals surface area contributed by atoms with E-state index in [0.717, 1.165) is 31.2 Å². The molecule has 0 saturated carbocycles. The average Bonchev–Trinajstić information content (AvgIpc) is 2.44. The molecule has 0 spiro atoms. The minimum Gasteiger partial charge on any atom is -0.383 e. The van der Waals surface area contributed by atoms with Crippen molar-refractivity contribution in [2.24, 2.45) is 0 Å². The quantitative estimate of drug-likeness (QED) is 0.819. The highest BCUT2D eigenvalue weighted by molar-refractivity contribution is 6.30. The van der Waals surface area contributed by atoms with Crippen molar-refractivity contribution in [3.05, 3.63) is 28.8 Å². The molecule has 2 rings (SSSR count). The normalized spacial score (nSPS) is 22.6. The van der Waals surface area contributed by atoms with Gasteiger partial charge in [-0.3, -0.25) is 0 Å². The van der Waals surface area contributed by atoms with Crippen LogP contribution in [0.3, 0.4) is 0 Å². The topological polar surface area (TPSA) is 33.7 Å². The number of nitrogens with one attached hydrogen (secondary N) is 1. The van der Waals surface area contributed by atoms with Gasteiger partial charge in [0.2, 0.25) is 0 Å². The van der Waals surface area contributed by atoms with E-state index in [9.17, 15) is 0 Å². The Morgan fingerprint density at radius 1 is 1.33 bits per heavy atom. The van der Waals surface area contributed by atoms with E-state index in [2.05, 4.69) is 36.2 Å². The Kier molecular flexibility index (Phi) is 6.30. The standard InChI is InChI=1S/C16H25ClN2O2/c1-12-10-19(11-13(2)21-12)16-8-15(17)5-4-14(16)9-18-6-7-20-3/h4-5,8,12-13,18H,6-7,9-11H2,1-3H3. The Balaban J connectivity index is 2.10. The van der Waals surface area contributed by atoms with E-state index < -0.39 is 0 Å². The molecule has 118 valence electrons. The second kappa shape index (κ2) is 7.99. The van der Waals surface area contributed by atoms with E-state index in [1.165, 1.54) is 11.3 Å². The number of nitrogens with zero attached hydrogens (tertiary/aromatic N) is 1. The number of hydrogen-bond acceptors (Lipinski definition) is 4. The smallest absolute Gasteiger partial charge is 0.0726 e. The highest BCUT2D eigenvalue weighted by Gasteiger charge is 2.24. The number of halogens is 1. The number of benzene rings is 1. The lowest BCUT2D eigenvalue weighted by atomic mass is 10.1. The van der Waals surface area contributed by atoms with Gasteiger partial charge in [0.1, 0.15) is 0 Å². The van der Waals surface area contributed by atoms with Crippen LogP contribution < -0.4 is 10.2 Å². The first kappa shape index (κ1) is 16.6. The molecule has 0 aliphatic carbocycles. The van der Waals surface area contributed by atoms with Crippen LogP contribution in [-0.4, -0.2) is 45.6 Å². The molecule has 21 heavy (non-hydrogen) atoms. The fraction of sp³-hybridized carbons (Fsp3) is 0.625. The minimum atomic E-state index is 0.238. The summed E-state index contributed by atoms with van der Waals surface area (Å²) >= 11 is 6.19. The van der Waals surface area contributed by atoms with E-state index in [-0.39, 0.29) is 12.2 Å². The molecular formula is C16H25ClN2O2. The molecule has 0 amide bonds. The molecule has 1 saturated heterocycles. The summed E-state index contributed by atoms with van der Waals surface area (Å²) in [7, 11) is 1.71. The number of rotatable bonds is 6. The van der Waals surface area contributed by atoms with Crippen LogP contribution in [0.2, 0.25) is 5.02 Å². The molecule has 1 aromatic rings. The van der Waals surface area contributed by atoms with Gasteiger partial charge in [0.25, 0.3) is 0 Å². The van der Waals surface area contributed by atoms with Crippen LogP contribution in [0, 0.1) is 0 Å². The van der Waals surface area contributed by atoms with Gasteiger partial charge in [0.15, 0.2) is 0 Å². The Bertz CT molecular complexity index is 446. The van der Waals surface area contributed by atoms with Crippen molar-refractivity contribution in [3.63, 3.8) is 0 Å². The molecule has 1 aliphatic heterocycles. The van der Waals surface area contributed by atoms with Crippen molar-refractivity contribution in [2.75, 3.05) is 38.3 Å². The maximum atomic E-state index is 6.19. The third-order valence-electron chi connectivity index (χ3n) is 3.61. The van der Waals surface area contributed by atoms with Crippen LogP contribution in [0.1, 0.15) is 19.4 Å². The summed E-state index contributed by atoms with van der Waals surface area (Å²) in [6, 6.07) is 6.10. The number of methoxy groups -OCH3 is 1. The summed E-state index contributed by atoms with van der Waals surface area (Å²) in [6.07, 6.45) is 0.476. The van der Waals surface area contributed by atoms with Gasteiger partial charge >= 0.3 is 0 Å². The summed E-state index contributed by atoms with van der Waals surface area (Å²) < 4.78 is 10.9. The number of ether oxygens (including phenoxy) is 2. The van der Waals surface area contributed by atoms with Gasteiger partial charge < -0.3 is 19.7 Å². The molecule has 1 heterocycles. The summed E-state index contributed by atoms with van der Waals surface area (Å²) in [6.45, 7) is 8.40. The van der Waals surface area contributed by atoms with E-state index in [0.29, 0.717) is 6.61 Å². The zero-order valence-electron chi connectivity index (χ0n) is 13.1. The van der Waals surface area contributed by atoms with Crippen molar-refractivity contribution >= 4 is 17.3 Å². The molecule has 0 aromatic heterocycles. The highest BCUT2D eigenvalue weighted by Crippen LogP contribution is 2.27.